The maximum atomic E-state index is 12.5. The molecule has 2 aromatic heterocycles. The summed E-state index contributed by atoms with van der Waals surface area (Å²) in [5.41, 5.74) is 3.18. The van der Waals surface area contributed by atoms with Crippen LogP contribution in [0.2, 0.25) is 0 Å². The highest BCUT2D eigenvalue weighted by molar-refractivity contribution is 9.10. The van der Waals surface area contributed by atoms with Gasteiger partial charge in [0, 0.05) is 28.1 Å². The van der Waals surface area contributed by atoms with E-state index in [1.165, 1.54) is 0 Å². The fraction of sp³-hybridized carbons (Fsp3) is 0.130. The van der Waals surface area contributed by atoms with Crippen LogP contribution in [-0.4, -0.2) is 27.6 Å². The number of halogens is 1. The zero-order chi connectivity index (χ0) is 22.5. The lowest BCUT2D eigenvalue weighted by Gasteiger charge is -2.10. The molecule has 0 aliphatic rings. The van der Waals surface area contributed by atoms with E-state index in [9.17, 15) is 4.79 Å². The van der Waals surface area contributed by atoms with Crippen molar-refractivity contribution in [1.29, 1.82) is 0 Å². The van der Waals surface area contributed by atoms with Gasteiger partial charge in [0.05, 0.1) is 12.2 Å². The van der Waals surface area contributed by atoms with Crippen LogP contribution in [0, 0.1) is 0 Å². The van der Waals surface area contributed by atoms with Gasteiger partial charge in [0.1, 0.15) is 11.3 Å². The Morgan fingerprint density at radius 3 is 2.88 bits per heavy atom. The van der Waals surface area contributed by atoms with Crippen molar-refractivity contribution in [3.05, 3.63) is 71.0 Å². The van der Waals surface area contributed by atoms with Gasteiger partial charge in [0.2, 0.25) is 5.89 Å². The van der Waals surface area contributed by atoms with E-state index in [1.807, 2.05) is 19.1 Å². The molecule has 2 N–H and O–H groups in total. The largest absolute Gasteiger partial charge is 0.494 e. The number of carbonyl (C=O) groups excluding carboxylic acids is 1. The summed E-state index contributed by atoms with van der Waals surface area (Å²) in [6, 6.07) is 14.2. The van der Waals surface area contributed by atoms with Crippen LogP contribution in [0.1, 0.15) is 23.7 Å². The number of ether oxygens (including phenoxy) is 1. The molecule has 0 unspecified atom stereocenters. The van der Waals surface area contributed by atoms with Crippen LogP contribution in [-0.2, 0) is 0 Å². The number of carbonyl (C=O) groups is 1. The predicted octanol–water partition coefficient (Wildman–Crippen LogP) is 5.57. The number of pyridine rings is 1. The van der Waals surface area contributed by atoms with Crippen LogP contribution in [0.4, 0.5) is 5.69 Å². The van der Waals surface area contributed by atoms with E-state index in [0.29, 0.717) is 40.6 Å². The summed E-state index contributed by atoms with van der Waals surface area (Å²) < 4.78 is 12.2. The van der Waals surface area contributed by atoms with Crippen molar-refractivity contribution in [2.45, 2.75) is 13.3 Å². The van der Waals surface area contributed by atoms with Crippen molar-refractivity contribution in [2.24, 2.45) is 0 Å². The van der Waals surface area contributed by atoms with Crippen LogP contribution in [0.3, 0.4) is 0 Å². The Bertz CT molecular complexity index is 1290. The third kappa shape index (κ3) is 5.30. The second-order valence-corrected chi connectivity index (χ2v) is 8.20. The minimum absolute atomic E-state index is 0.175. The normalized spacial score (nSPS) is 10.7. The molecule has 4 aromatic rings. The molecule has 2 heterocycles. The number of oxazole rings is 1. The summed E-state index contributed by atoms with van der Waals surface area (Å²) >= 11 is 8.70. The van der Waals surface area contributed by atoms with E-state index in [4.69, 9.17) is 21.4 Å². The molecule has 32 heavy (non-hydrogen) atoms. The average Bonchev–Trinajstić information content (AvgIpc) is 3.21. The number of benzene rings is 2. The van der Waals surface area contributed by atoms with Crippen molar-refractivity contribution in [3.63, 3.8) is 0 Å². The lowest BCUT2D eigenvalue weighted by Crippen LogP contribution is -2.34. The van der Waals surface area contributed by atoms with Crippen molar-refractivity contribution in [2.75, 3.05) is 11.9 Å². The standard InChI is InChI=1S/C23H19BrN4O3S/c1-2-8-30-18-5-3-4-14(10-18)21(29)28-23(32)26-17-6-7-20-19(11-17)27-22(31-20)15-9-16(24)13-25-12-15/h3-7,9-13H,2,8H2,1H3,(H2,26,28,29,32). The van der Waals surface area contributed by atoms with Gasteiger partial charge in [0.15, 0.2) is 10.7 Å². The number of hydrogen-bond acceptors (Lipinski definition) is 6. The molecule has 162 valence electrons. The van der Waals surface area contributed by atoms with E-state index in [-0.39, 0.29) is 11.0 Å². The van der Waals surface area contributed by atoms with Crippen LogP contribution in [0.15, 0.2) is 69.8 Å². The monoisotopic (exact) mass is 510 g/mol. The zero-order valence-electron chi connectivity index (χ0n) is 17.1. The van der Waals surface area contributed by atoms with Gasteiger partial charge < -0.3 is 14.5 Å². The summed E-state index contributed by atoms with van der Waals surface area (Å²) in [5, 5.41) is 5.87. The number of nitrogens with one attached hydrogen (secondary N) is 2. The molecule has 0 aliphatic heterocycles. The molecule has 9 heteroatoms. The second-order valence-electron chi connectivity index (χ2n) is 6.88. The molecule has 7 nitrogen and oxygen atoms in total. The summed E-state index contributed by atoms with van der Waals surface area (Å²) in [7, 11) is 0. The first-order valence-corrected chi connectivity index (χ1v) is 11.1. The van der Waals surface area contributed by atoms with E-state index in [1.54, 1.807) is 48.8 Å². The Labute approximate surface area is 198 Å². The Hall–Kier alpha value is -3.30. The number of fused-ring (bicyclic) bond motifs is 1. The Kier molecular flexibility index (Phi) is 6.77. The van der Waals surface area contributed by atoms with Gasteiger partial charge in [-0.15, -0.1) is 0 Å². The smallest absolute Gasteiger partial charge is 0.257 e. The highest BCUT2D eigenvalue weighted by Gasteiger charge is 2.12. The molecule has 0 bridgehead atoms. The number of thiocarbonyl (C=S) groups is 1. The fourth-order valence-corrected chi connectivity index (χ4v) is 3.52. The van der Waals surface area contributed by atoms with Gasteiger partial charge in [-0.2, -0.15) is 0 Å². The maximum Gasteiger partial charge on any atom is 0.257 e. The number of nitrogens with zero attached hydrogens (tertiary/aromatic N) is 2. The number of rotatable bonds is 6. The van der Waals surface area contributed by atoms with Crippen molar-refractivity contribution in [1.82, 2.24) is 15.3 Å². The molecule has 0 saturated heterocycles. The highest BCUT2D eigenvalue weighted by atomic mass is 79.9. The first-order chi connectivity index (χ1) is 15.5. The van der Waals surface area contributed by atoms with Gasteiger partial charge in [-0.25, -0.2) is 4.98 Å². The van der Waals surface area contributed by atoms with Gasteiger partial charge >= 0.3 is 0 Å². The molecule has 0 radical (unpaired) electrons. The third-order valence-corrected chi connectivity index (χ3v) is 5.03. The summed E-state index contributed by atoms with van der Waals surface area (Å²) in [6.45, 7) is 2.62. The van der Waals surface area contributed by atoms with Gasteiger partial charge in [-0.3, -0.25) is 15.1 Å². The molecule has 4 rings (SSSR count). The van der Waals surface area contributed by atoms with E-state index < -0.39 is 0 Å². The maximum absolute atomic E-state index is 12.5. The van der Waals surface area contributed by atoms with Crippen molar-refractivity contribution in [3.8, 4) is 17.2 Å². The van der Waals surface area contributed by atoms with Crippen molar-refractivity contribution < 1.29 is 13.9 Å². The molecule has 0 aliphatic carbocycles. The second kappa shape index (κ2) is 9.88. The molecule has 0 saturated carbocycles. The Morgan fingerprint density at radius 2 is 2.06 bits per heavy atom. The Balaban J connectivity index is 1.44. The minimum Gasteiger partial charge on any atom is -0.494 e. The predicted molar refractivity (Wildman–Crippen MR) is 131 cm³/mol. The van der Waals surface area contributed by atoms with E-state index in [0.717, 1.165) is 16.5 Å². The minimum atomic E-state index is -0.323. The van der Waals surface area contributed by atoms with Crippen LogP contribution < -0.4 is 15.4 Å². The lowest BCUT2D eigenvalue weighted by molar-refractivity contribution is 0.0977. The first-order valence-electron chi connectivity index (χ1n) is 9.88. The van der Waals surface area contributed by atoms with Crippen LogP contribution in [0.25, 0.3) is 22.6 Å². The molecular weight excluding hydrogens is 492 g/mol. The molecule has 0 spiro atoms. The number of hydrogen-bond donors (Lipinski definition) is 2. The quantitative estimate of drug-likeness (QED) is 0.327. The molecule has 2 aromatic carbocycles. The average molecular weight is 511 g/mol. The van der Waals surface area contributed by atoms with Crippen LogP contribution >= 0.6 is 28.1 Å². The van der Waals surface area contributed by atoms with E-state index in [2.05, 4.69) is 36.5 Å². The van der Waals surface area contributed by atoms with E-state index >= 15 is 0 Å². The number of anilines is 1. The topological polar surface area (TPSA) is 89.3 Å². The molecular formula is C23H19BrN4O3S. The third-order valence-electron chi connectivity index (χ3n) is 4.39. The molecule has 0 fully saturated rings. The van der Waals surface area contributed by atoms with Crippen molar-refractivity contribution >= 4 is 56.0 Å². The summed E-state index contributed by atoms with van der Waals surface area (Å²) in [6.07, 6.45) is 4.26. The van der Waals surface area contributed by atoms with Gasteiger partial charge in [0.25, 0.3) is 5.91 Å². The summed E-state index contributed by atoms with van der Waals surface area (Å²) in [5.74, 6) is 0.787. The first kappa shape index (κ1) is 21.9. The number of amides is 1. The lowest BCUT2D eigenvalue weighted by atomic mass is 10.2. The molecule has 1 amide bonds. The SMILES string of the molecule is CCCOc1cccc(C(=O)NC(=S)Nc2ccc3oc(-c4cncc(Br)c4)nc3c2)c1. The van der Waals surface area contributed by atoms with Crippen LogP contribution in [0.5, 0.6) is 5.75 Å². The Morgan fingerprint density at radius 1 is 1.19 bits per heavy atom. The van der Waals surface area contributed by atoms with Gasteiger partial charge in [-0.05, 0) is 77.0 Å². The van der Waals surface area contributed by atoms with Gasteiger partial charge in [-0.1, -0.05) is 13.0 Å². The highest BCUT2D eigenvalue weighted by Crippen LogP contribution is 2.27. The molecule has 0 atom stereocenters. The number of aromatic nitrogens is 2. The zero-order valence-corrected chi connectivity index (χ0v) is 19.5. The summed E-state index contributed by atoms with van der Waals surface area (Å²) in [4.78, 5) is 21.2. The fourth-order valence-electron chi connectivity index (χ4n) is 2.94.